The summed E-state index contributed by atoms with van der Waals surface area (Å²) in [5.41, 5.74) is 2.70. The summed E-state index contributed by atoms with van der Waals surface area (Å²) >= 11 is 0. The molecule has 1 heterocycles. The van der Waals surface area contributed by atoms with E-state index in [4.69, 9.17) is 5.84 Å². The first-order valence-electron chi connectivity index (χ1n) is 7.21. The number of rotatable bonds is 5. The highest BCUT2D eigenvalue weighted by Crippen LogP contribution is 2.17. The SMILES string of the molecule is CCCN(C)Cc1ccc(N2CCN(N)CC2)cc1. The van der Waals surface area contributed by atoms with Crippen LogP contribution in [-0.2, 0) is 6.54 Å². The molecule has 1 fully saturated rings. The first kappa shape index (κ1) is 14.3. The van der Waals surface area contributed by atoms with Gasteiger partial charge in [-0.05, 0) is 37.7 Å². The van der Waals surface area contributed by atoms with Gasteiger partial charge in [0, 0.05) is 38.4 Å². The van der Waals surface area contributed by atoms with Crippen molar-refractivity contribution in [3.8, 4) is 0 Å². The first-order chi connectivity index (χ1) is 9.19. The second-order valence-corrected chi connectivity index (χ2v) is 5.43. The van der Waals surface area contributed by atoms with Crippen LogP contribution in [-0.4, -0.2) is 49.7 Å². The Bertz CT molecular complexity index is 368. The Hall–Kier alpha value is -1.10. The monoisotopic (exact) mass is 262 g/mol. The van der Waals surface area contributed by atoms with Gasteiger partial charge in [-0.15, -0.1) is 0 Å². The molecule has 1 aliphatic heterocycles. The molecule has 1 aromatic rings. The summed E-state index contributed by atoms with van der Waals surface area (Å²) in [5, 5.41) is 1.89. The Morgan fingerprint density at radius 3 is 2.32 bits per heavy atom. The van der Waals surface area contributed by atoms with Crippen molar-refractivity contribution in [2.45, 2.75) is 19.9 Å². The number of hydrazine groups is 1. The van der Waals surface area contributed by atoms with Gasteiger partial charge < -0.3 is 9.80 Å². The minimum atomic E-state index is 0.945. The fraction of sp³-hybridized carbons (Fsp3) is 0.600. The Morgan fingerprint density at radius 2 is 1.74 bits per heavy atom. The maximum atomic E-state index is 5.78. The van der Waals surface area contributed by atoms with Gasteiger partial charge in [-0.2, -0.15) is 0 Å². The van der Waals surface area contributed by atoms with Crippen LogP contribution in [0.1, 0.15) is 18.9 Å². The third kappa shape index (κ3) is 4.20. The molecule has 0 radical (unpaired) electrons. The van der Waals surface area contributed by atoms with Crippen molar-refractivity contribution >= 4 is 5.69 Å². The zero-order valence-corrected chi connectivity index (χ0v) is 12.2. The smallest absolute Gasteiger partial charge is 0.0367 e. The van der Waals surface area contributed by atoms with E-state index in [1.165, 1.54) is 17.7 Å². The molecule has 2 N–H and O–H groups in total. The largest absolute Gasteiger partial charge is 0.369 e. The summed E-state index contributed by atoms with van der Waals surface area (Å²) in [5.74, 6) is 5.78. The first-order valence-corrected chi connectivity index (χ1v) is 7.21. The van der Waals surface area contributed by atoms with E-state index in [1.807, 2.05) is 5.01 Å². The number of nitrogens with zero attached hydrogens (tertiary/aromatic N) is 3. The van der Waals surface area contributed by atoms with E-state index in [1.54, 1.807) is 0 Å². The molecule has 0 aliphatic carbocycles. The Morgan fingerprint density at radius 1 is 1.11 bits per heavy atom. The summed E-state index contributed by atoms with van der Waals surface area (Å²) in [6.45, 7) is 8.33. The number of hydrogen-bond donors (Lipinski definition) is 1. The molecule has 0 aromatic heterocycles. The summed E-state index contributed by atoms with van der Waals surface area (Å²) < 4.78 is 0. The lowest BCUT2D eigenvalue weighted by Gasteiger charge is -2.33. The molecular formula is C15H26N4. The lowest BCUT2D eigenvalue weighted by molar-refractivity contribution is 0.266. The predicted molar refractivity (Wildman–Crippen MR) is 81.0 cm³/mol. The van der Waals surface area contributed by atoms with Crippen LogP contribution in [0, 0.1) is 0 Å². The van der Waals surface area contributed by atoms with Gasteiger partial charge in [0.1, 0.15) is 0 Å². The standard InChI is InChI=1S/C15H26N4/c1-3-8-17(2)13-14-4-6-15(7-5-14)18-9-11-19(16)12-10-18/h4-7H,3,8-13,16H2,1-2H3. The fourth-order valence-electron chi connectivity index (χ4n) is 2.56. The van der Waals surface area contributed by atoms with Crippen LogP contribution < -0.4 is 10.7 Å². The zero-order valence-electron chi connectivity index (χ0n) is 12.2. The predicted octanol–water partition coefficient (Wildman–Crippen LogP) is 1.52. The number of hydrogen-bond acceptors (Lipinski definition) is 4. The Balaban J connectivity index is 1.91. The Kier molecular flexibility index (Phi) is 5.19. The van der Waals surface area contributed by atoms with E-state index in [-0.39, 0.29) is 0 Å². The average Bonchev–Trinajstić information content (AvgIpc) is 2.41. The van der Waals surface area contributed by atoms with Crippen molar-refractivity contribution in [3.05, 3.63) is 29.8 Å². The lowest BCUT2D eigenvalue weighted by Crippen LogP contribution is -2.49. The zero-order chi connectivity index (χ0) is 13.7. The third-order valence-corrected chi connectivity index (χ3v) is 3.67. The molecule has 1 aromatic carbocycles. The maximum absolute atomic E-state index is 5.78. The van der Waals surface area contributed by atoms with Crippen molar-refractivity contribution in [1.29, 1.82) is 0 Å². The minimum absolute atomic E-state index is 0.945. The molecule has 1 saturated heterocycles. The average molecular weight is 262 g/mol. The maximum Gasteiger partial charge on any atom is 0.0367 e. The molecule has 19 heavy (non-hydrogen) atoms. The topological polar surface area (TPSA) is 35.7 Å². The van der Waals surface area contributed by atoms with Gasteiger partial charge in [0.15, 0.2) is 0 Å². The molecule has 4 nitrogen and oxygen atoms in total. The van der Waals surface area contributed by atoms with E-state index < -0.39 is 0 Å². The molecule has 0 unspecified atom stereocenters. The van der Waals surface area contributed by atoms with Crippen LogP contribution in [0.2, 0.25) is 0 Å². The van der Waals surface area contributed by atoms with Crippen LogP contribution in [0.4, 0.5) is 5.69 Å². The number of piperazine rings is 1. The summed E-state index contributed by atoms with van der Waals surface area (Å²) in [7, 11) is 2.18. The molecule has 2 rings (SSSR count). The van der Waals surface area contributed by atoms with E-state index in [2.05, 4.69) is 48.0 Å². The second-order valence-electron chi connectivity index (χ2n) is 5.43. The van der Waals surface area contributed by atoms with Crippen molar-refractivity contribution in [1.82, 2.24) is 9.91 Å². The van der Waals surface area contributed by atoms with Crippen LogP contribution in [0.25, 0.3) is 0 Å². The summed E-state index contributed by atoms with van der Waals surface area (Å²) in [4.78, 5) is 4.77. The number of nitrogens with two attached hydrogens (primary N) is 1. The summed E-state index contributed by atoms with van der Waals surface area (Å²) in [6.07, 6.45) is 1.21. The van der Waals surface area contributed by atoms with Gasteiger partial charge >= 0.3 is 0 Å². The summed E-state index contributed by atoms with van der Waals surface area (Å²) in [6, 6.07) is 8.97. The quantitative estimate of drug-likeness (QED) is 0.816. The van der Waals surface area contributed by atoms with Gasteiger partial charge in [-0.3, -0.25) is 5.84 Å². The second kappa shape index (κ2) is 6.89. The van der Waals surface area contributed by atoms with Crippen molar-refractivity contribution < 1.29 is 0 Å². The van der Waals surface area contributed by atoms with Gasteiger partial charge in [0.05, 0.1) is 0 Å². The molecule has 0 saturated carbocycles. The highest BCUT2D eigenvalue weighted by atomic mass is 15.4. The van der Waals surface area contributed by atoms with Gasteiger partial charge in [0.2, 0.25) is 0 Å². The third-order valence-electron chi connectivity index (χ3n) is 3.67. The van der Waals surface area contributed by atoms with Gasteiger partial charge in [-0.25, -0.2) is 5.01 Å². The molecular weight excluding hydrogens is 236 g/mol. The molecule has 4 heteroatoms. The van der Waals surface area contributed by atoms with Crippen LogP contribution in [0.5, 0.6) is 0 Å². The fourth-order valence-corrected chi connectivity index (χ4v) is 2.56. The van der Waals surface area contributed by atoms with E-state index >= 15 is 0 Å². The van der Waals surface area contributed by atoms with Crippen molar-refractivity contribution in [2.75, 3.05) is 44.7 Å². The molecule has 0 atom stereocenters. The molecule has 106 valence electrons. The molecule has 1 aliphatic rings. The highest BCUT2D eigenvalue weighted by molar-refractivity contribution is 5.48. The van der Waals surface area contributed by atoms with E-state index in [9.17, 15) is 0 Å². The minimum Gasteiger partial charge on any atom is -0.369 e. The molecule has 0 bridgehead atoms. The normalized spacial score (nSPS) is 17.2. The number of anilines is 1. The number of benzene rings is 1. The Labute approximate surface area is 116 Å². The van der Waals surface area contributed by atoms with E-state index in [0.717, 1.165) is 39.3 Å². The van der Waals surface area contributed by atoms with Crippen LogP contribution in [0.15, 0.2) is 24.3 Å². The lowest BCUT2D eigenvalue weighted by atomic mass is 10.1. The van der Waals surface area contributed by atoms with E-state index in [0.29, 0.717) is 0 Å². The van der Waals surface area contributed by atoms with Crippen LogP contribution >= 0.6 is 0 Å². The van der Waals surface area contributed by atoms with Gasteiger partial charge in [-0.1, -0.05) is 19.1 Å². The highest BCUT2D eigenvalue weighted by Gasteiger charge is 2.14. The van der Waals surface area contributed by atoms with Crippen molar-refractivity contribution in [2.24, 2.45) is 5.84 Å². The van der Waals surface area contributed by atoms with Gasteiger partial charge in [0.25, 0.3) is 0 Å². The molecule has 0 spiro atoms. The van der Waals surface area contributed by atoms with Crippen LogP contribution in [0.3, 0.4) is 0 Å². The van der Waals surface area contributed by atoms with Crippen molar-refractivity contribution in [3.63, 3.8) is 0 Å². The molecule has 0 amide bonds.